The average molecular weight is 248 g/mol. The second-order valence-corrected chi connectivity index (χ2v) is 4.71. The minimum atomic E-state index is -0.851. The first-order valence-corrected chi connectivity index (χ1v) is 6.53. The van der Waals surface area contributed by atoms with Crippen LogP contribution in [0.4, 0.5) is 5.69 Å². The van der Waals surface area contributed by atoms with Crippen LogP contribution in [0.1, 0.15) is 30.1 Å². The van der Waals surface area contributed by atoms with Crippen molar-refractivity contribution in [2.45, 2.75) is 25.8 Å². The van der Waals surface area contributed by atoms with Crippen molar-refractivity contribution in [2.75, 3.05) is 24.5 Å². The second kappa shape index (κ2) is 5.87. The van der Waals surface area contributed by atoms with E-state index in [2.05, 4.69) is 17.1 Å². The average Bonchev–Trinajstić information content (AvgIpc) is 2.39. The first-order valence-electron chi connectivity index (χ1n) is 6.53. The molecule has 1 aromatic rings. The van der Waals surface area contributed by atoms with Gasteiger partial charge in [-0.3, -0.25) is 0 Å². The fourth-order valence-corrected chi connectivity index (χ4v) is 2.52. The van der Waals surface area contributed by atoms with Gasteiger partial charge < -0.3 is 15.3 Å². The zero-order valence-electron chi connectivity index (χ0n) is 10.7. The minimum absolute atomic E-state index is 0.398. The Hall–Kier alpha value is -1.55. The van der Waals surface area contributed by atoms with E-state index < -0.39 is 5.97 Å². The van der Waals surface area contributed by atoms with E-state index in [1.165, 1.54) is 0 Å². The van der Waals surface area contributed by atoms with E-state index in [4.69, 9.17) is 0 Å². The van der Waals surface area contributed by atoms with Crippen molar-refractivity contribution in [3.63, 3.8) is 0 Å². The van der Waals surface area contributed by atoms with Crippen molar-refractivity contribution in [3.05, 3.63) is 29.8 Å². The Kier molecular flexibility index (Phi) is 4.20. The first-order chi connectivity index (χ1) is 8.72. The fraction of sp³-hybridized carbons (Fsp3) is 0.500. The third kappa shape index (κ3) is 2.82. The molecule has 2 N–H and O–H groups in total. The Bertz CT molecular complexity index is 418. The van der Waals surface area contributed by atoms with Crippen molar-refractivity contribution >= 4 is 11.7 Å². The summed E-state index contributed by atoms with van der Waals surface area (Å²) in [5.41, 5.74) is 1.24. The van der Waals surface area contributed by atoms with Crippen molar-refractivity contribution in [2.24, 2.45) is 0 Å². The number of hydrogen-bond acceptors (Lipinski definition) is 3. The summed E-state index contributed by atoms with van der Waals surface area (Å²) in [6, 6.07) is 7.72. The molecule has 0 spiro atoms. The molecular formula is C14H20N2O2. The van der Waals surface area contributed by atoms with Gasteiger partial charge in [0.05, 0.1) is 11.3 Å². The van der Waals surface area contributed by atoms with Crippen LogP contribution in [-0.4, -0.2) is 36.8 Å². The van der Waals surface area contributed by atoms with Gasteiger partial charge in [-0.1, -0.05) is 25.5 Å². The number of rotatable bonds is 4. The molecule has 1 atom stereocenters. The van der Waals surface area contributed by atoms with Gasteiger partial charge in [-0.15, -0.1) is 0 Å². The summed E-state index contributed by atoms with van der Waals surface area (Å²) < 4.78 is 0. The third-order valence-corrected chi connectivity index (χ3v) is 3.37. The maximum atomic E-state index is 11.2. The third-order valence-electron chi connectivity index (χ3n) is 3.37. The highest BCUT2D eigenvalue weighted by atomic mass is 16.4. The molecule has 0 radical (unpaired) electrons. The molecule has 1 aliphatic heterocycles. The monoisotopic (exact) mass is 248 g/mol. The molecule has 18 heavy (non-hydrogen) atoms. The summed E-state index contributed by atoms with van der Waals surface area (Å²) in [5.74, 6) is -0.851. The smallest absolute Gasteiger partial charge is 0.337 e. The predicted molar refractivity (Wildman–Crippen MR) is 72.3 cm³/mol. The van der Waals surface area contributed by atoms with Gasteiger partial charge in [-0.05, 0) is 18.6 Å². The van der Waals surface area contributed by atoms with Gasteiger partial charge in [0.15, 0.2) is 0 Å². The summed E-state index contributed by atoms with van der Waals surface area (Å²) in [4.78, 5) is 13.4. The van der Waals surface area contributed by atoms with Crippen LogP contribution in [-0.2, 0) is 0 Å². The molecule has 0 aliphatic carbocycles. The molecule has 4 nitrogen and oxygen atoms in total. The lowest BCUT2D eigenvalue weighted by Crippen LogP contribution is -2.51. The normalized spacial score (nSPS) is 19.8. The maximum Gasteiger partial charge on any atom is 0.337 e. The van der Waals surface area contributed by atoms with Crippen LogP contribution in [0.5, 0.6) is 0 Å². The van der Waals surface area contributed by atoms with E-state index in [0.717, 1.165) is 38.2 Å². The van der Waals surface area contributed by atoms with Gasteiger partial charge in [-0.25, -0.2) is 4.79 Å². The molecule has 0 aromatic heterocycles. The number of nitrogens with zero attached hydrogens (tertiary/aromatic N) is 1. The van der Waals surface area contributed by atoms with Crippen LogP contribution in [0.25, 0.3) is 0 Å². The van der Waals surface area contributed by atoms with Crippen molar-refractivity contribution in [1.29, 1.82) is 0 Å². The van der Waals surface area contributed by atoms with Gasteiger partial charge >= 0.3 is 5.97 Å². The van der Waals surface area contributed by atoms with Crippen molar-refractivity contribution in [3.8, 4) is 0 Å². The molecule has 1 aromatic carbocycles. The number of nitrogens with one attached hydrogen (secondary N) is 1. The number of aromatic carboxylic acids is 1. The largest absolute Gasteiger partial charge is 0.478 e. The van der Waals surface area contributed by atoms with E-state index in [9.17, 15) is 9.90 Å². The highest BCUT2D eigenvalue weighted by molar-refractivity contribution is 5.94. The topological polar surface area (TPSA) is 52.6 Å². The zero-order chi connectivity index (χ0) is 13.0. The second-order valence-electron chi connectivity index (χ2n) is 4.71. The van der Waals surface area contributed by atoms with Gasteiger partial charge in [0, 0.05) is 25.7 Å². The number of para-hydroxylation sites is 1. The Labute approximate surface area is 108 Å². The van der Waals surface area contributed by atoms with Gasteiger partial charge in [0.2, 0.25) is 0 Å². The molecule has 4 heteroatoms. The van der Waals surface area contributed by atoms with E-state index in [1.54, 1.807) is 12.1 Å². The highest BCUT2D eigenvalue weighted by Crippen LogP contribution is 2.22. The van der Waals surface area contributed by atoms with Gasteiger partial charge in [0.1, 0.15) is 0 Å². The molecule has 1 aliphatic rings. The van der Waals surface area contributed by atoms with Crippen molar-refractivity contribution in [1.82, 2.24) is 5.32 Å². The van der Waals surface area contributed by atoms with Crippen LogP contribution in [0.2, 0.25) is 0 Å². The lowest BCUT2D eigenvalue weighted by molar-refractivity contribution is 0.0697. The Morgan fingerprint density at radius 2 is 2.28 bits per heavy atom. The van der Waals surface area contributed by atoms with E-state index in [0.29, 0.717) is 11.6 Å². The summed E-state index contributed by atoms with van der Waals surface area (Å²) >= 11 is 0. The Morgan fingerprint density at radius 3 is 3.00 bits per heavy atom. The number of piperazine rings is 1. The zero-order valence-corrected chi connectivity index (χ0v) is 10.7. The van der Waals surface area contributed by atoms with Crippen molar-refractivity contribution < 1.29 is 9.90 Å². The summed E-state index contributed by atoms with van der Waals surface area (Å²) in [5, 5.41) is 12.7. The molecule has 98 valence electrons. The van der Waals surface area contributed by atoms with E-state index in [-0.39, 0.29) is 0 Å². The molecule has 1 heterocycles. The van der Waals surface area contributed by atoms with Crippen LogP contribution < -0.4 is 10.2 Å². The van der Waals surface area contributed by atoms with E-state index in [1.807, 2.05) is 12.1 Å². The number of hydrogen-bond donors (Lipinski definition) is 2. The number of carbonyl (C=O) groups is 1. The van der Waals surface area contributed by atoms with Crippen LogP contribution >= 0.6 is 0 Å². The van der Waals surface area contributed by atoms with Crippen LogP contribution in [0.3, 0.4) is 0 Å². The highest BCUT2D eigenvalue weighted by Gasteiger charge is 2.22. The van der Waals surface area contributed by atoms with Gasteiger partial charge in [0.25, 0.3) is 0 Å². The van der Waals surface area contributed by atoms with Gasteiger partial charge in [-0.2, -0.15) is 0 Å². The molecule has 0 amide bonds. The quantitative estimate of drug-likeness (QED) is 0.855. The van der Waals surface area contributed by atoms with Crippen LogP contribution in [0, 0.1) is 0 Å². The molecule has 1 fully saturated rings. The number of carboxylic acid groups (broad SMARTS) is 1. The van der Waals surface area contributed by atoms with E-state index >= 15 is 0 Å². The summed E-state index contributed by atoms with van der Waals surface area (Å²) in [7, 11) is 0. The molecular weight excluding hydrogens is 228 g/mol. The summed E-state index contributed by atoms with van der Waals surface area (Å²) in [6.07, 6.45) is 2.28. The maximum absolute atomic E-state index is 11.2. The fourth-order valence-electron chi connectivity index (χ4n) is 2.52. The Morgan fingerprint density at radius 1 is 1.50 bits per heavy atom. The standard InChI is InChI=1S/C14H20N2O2/c1-2-5-11-10-16(9-8-15-11)13-7-4-3-6-12(13)14(17)18/h3-4,6-7,11,15H,2,5,8-10H2,1H3,(H,17,18)/t11-/m1/s1. The lowest BCUT2D eigenvalue weighted by Gasteiger charge is -2.35. The summed E-state index contributed by atoms with van der Waals surface area (Å²) in [6.45, 7) is 4.84. The Balaban J connectivity index is 2.18. The molecule has 0 bridgehead atoms. The predicted octanol–water partition coefficient (Wildman–Crippen LogP) is 1.96. The molecule has 0 unspecified atom stereocenters. The van der Waals surface area contributed by atoms with Crippen LogP contribution in [0.15, 0.2) is 24.3 Å². The first kappa shape index (κ1) is 12.9. The molecule has 1 saturated heterocycles. The minimum Gasteiger partial charge on any atom is -0.478 e. The molecule has 2 rings (SSSR count). The SMILES string of the molecule is CCC[C@@H]1CN(c2ccccc2C(=O)O)CCN1. The molecule has 0 saturated carbocycles. The number of anilines is 1. The number of carboxylic acids is 1. The number of benzene rings is 1. The lowest BCUT2D eigenvalue weighted by atomic mass is 10.1.